The van der Waals surface area contributed by atoms with E-state index >= 15 is 0 Å². The van der Waals surface area contributed by atoms with Crippen molar-refractivity contribution in [2.45, 2.75) is 132 Å². The van der Waals surface area contributed by atoms with Crippen LogP contribution in [0, 0.1) is 68.5 Å². The van der Waals surface area contributed by atoms with Crippen LogP contribution in [0.25, 0.3) is 0 Å². The fraction of sp³-hybridized carbons (Fsp3) is 0.630. The minimum absolute atomic E-state index is 0.0716. The average molecular weight is 818 g/mol. The first kappa shape index (κ1) is 42.7. The first-order valence-electron chi connectivity index (χ1n) is 23.4. The molecular formula is C54H74O4P+. The lowest BCUT2D eigenvalue weighted by molar-refractivity contribution is -0.261. The molecule has 0 aliphatic heterocycles. The van der Waals surface area contributed by atoms with Crippen LogP contribution < -0.4 is 15.9 Å². The Kier molecular flexibility index (Phi) is 11.4. The molecule has 5 heteroatoms. The normalized spacial score (nSPS) is 37.4. The lowest BCUT2D eigenvalue weighted by atomic mass is 9.31. The maximum atomic E-state index is 13.9. The van der Waals surface area contributed by atoms with E-state index in [1.165, 1.54) is 41.6 Å². The molecule has 11 atom stereocenters. The zero-order valence-corrected chi connectivity index (χ0v) is 38.7. The van der Waals surface area contributed by atoms with Gasteiger partial charge in [-0.3, -0.25) is 9.59 Å². The highest BCUT2D eigenvalue weighted by atomic mass is 31.2. The molecule has 0 heterocycles. The van der Waals surface area contributed by atoms with Crippen molar-refractivity contribution in [3.63, 3.8) is 0 Å². The summed E-state index contributed by atoms with van der Waals surface area (Å²) in [6, 6.07) is 33.9. The molecule has 3 aromatic carbocycles. The van der Waals surface area contributed by atoms with Gasteiger partial charge < -0.3 is 9.47 Å². The number of fused-ring (bicyclic) bond motifs is 7. The van der Waals surface area contributed by atoms with Crippen molar-refractivity contribution in [1.82, 2.24) is 0 Å². The Bertz CT molecular complexity index is 1860. The quantitative estimate of drug-likeness (QED) is 0.151. The Labute approximate surface area is 357 Å². The standard InChI is InChI=1S/C54H74O4P/c1-37(2)43-29-32-54(49(56)57-9)34-33-52(7)44(47(43)54)27-28-46-51(6)36-39(48(58-38(3)55)50(4,5)45(51)30-31-53(46,52)8)20-19-35-59(40-21-13-10-14-22-40,41-23-15-11-16-24-41)42-25-17-12-18-26-42/h10-18,21-26,37,39,43-48H,19-20,27-36H2,1-9H3/q+1/t39-,43-,44+,45-,46+,47+,48-,51-,52+,53+,54-/m0/s1. The zero-order chi connectivity index (χ0) is 42.0. The Morgan fingerprint density at radius 3 is 1.81 bits per heavy atom. The molecule has 0 unspecified atom stereocenters. The van der Waals surface area contributed by atoms with E-state index in [0.717, 1.165) is 51.1 Å². The Morgan fingerprint density at radius 2 is 1.29 bits per heavy atom. The van der Waals surface area contributed by atoms with Crippen molar-refractivity contribution in [3.05, 3.63) is 91.0 Å². The van der Waals surface area contributed by atoms with Gasteiger partial charge in [0.05, 0.1) is 18.7 Å². The van der Waals surface area contributed by atoms with Crippen molar-refractivity contribution in [2.24, 2.45) is 68.5 Å². The summed E-state index contributed by atoms with van der Waals surface area (Å²) in [7, 11) is -0.356. The molecule has 0 amide bonds. The van der Waals surface area contributed by atoms with Gasteiger partial charge in [-0.25, -0.2) is 0 Å². The Hall–Kier alpha value is -2.97. The second-order valence-electron chi connectivity index (χ2n) is 21.8. The number of rotatable bonds is 10. The van der Waals surface area contributed by atoms with E-state index in [4.69, 9.17) is 9.47 Å². The molecule has 0 saturated heterocycles. The third-order valence-electron chi connectivity index (χ3n) is 18.9. The van der Waals surface area contributed by atoms with Crippen molar-refractivity contribution < 1.29 is 19.1 Å². The van der Waals surface area contributed by atoms with Gasteiger partial charge in [-0.05, 0) is 165 Å². The highest BCUT2D eigenvalue weighted by Crippen LogP contribution is 2.78. The smallest absolute Gasteiger partial charge is 0.312 e. The van der Waals surface area contributed by atoms with Gasteiger partial charge in [-0.1, -0.05) is 103 Å². The van der Waals surface area contributed by atoms with Gasteiger partial charge in [0.1, 0.15) is 29.3 Å². The minimum Gasteiger partial charge on any atom is -0.469 e. The molecule has 59 heavy (non-hydrogen) atoms. The van der Waals surface area contributed by atoms with Gasteiger partial charge in [-0.2, -0.15) is 0 Å². The number of esters is 2. The Morgan fingerprint density at radius 1 is 0.712 bits per heavy atom. The van der Waals surface area contributed by atoms with Gasteiger partial charge >= 0.3 is 11.9 Å². The summed E-state index contributed by atoms with van der Waals surface area (Å²) in [5, 5.41) is 4.30. The van der Waals surface area contributed by atoms with Crippen LogP contribution in [-0.4, -0.2) is 31.3 Å². The van der Waals surface area contributed by atoms with E-state index in [-0.39, 0.29) is 51.0 Å². The van der Waals surface area contributed by atoms with Crippen LogP contribution in [0.4, 0.5) is 0 Å². The second kappa shape index (κ2) is 15.7. The maximum Gasteiger partial charge on any atom is 0.312 e. The molecule has 0 bridgehead atoms. The topological polar surface area (TPSA) is 52.6 Å². The predicted octanol–water partition coefficient (Wildman–Crippen LogP) is 11.8. The van der Waals surface area contributed by atoms with Crippen molar-refractivity contribution in [2.75, 3.05) is 13.3 Å². The summed E-state index contributed by atoms with van der Waals surface area (Å²) in [5.74, 6) is 3.37. The largest absolute Gasteiger partial charge is 0.469 e. The number of methoxy groups -OCH3 is 1. The van der Waals surface area contributed by atoms with Crippen LogP contribution in [0.5, 0.6) is 0 Å². The van der Waals surface area contributed by atoms with E-state index in [0.29, 0.717) is 35.5 Å². The van der Waals surface area contributed by atoms with Crippen molar-refractivity contribution >= 4 is 35.1 Å². The van der Waals surface area contributed by atoms with Crippen LogP contribution >= 0.6 is 7.26 Å². The van der Waals surface area contributed by atoms with Gasteiger partial charge in [0.15, 0.2) is 0 Å². The van der Waals surface area contributed by atoms with Crippen LogP contribution in [0.3, 0.4) is 0 Å². The molecule has 0 aromatic heterocycles. The van der Waals surface area contributed by atoms with Crippen molar-refractivity contribution in [3.8, 4) is 0 Å². The molecule has 3 aromatic rings. The summed E-state index contributed by atoms with van der Waals surface area (Å²) >= 11 is 0. The maximum absolute atomic E-state index is 13.9. The molecule has 5 aliphatic rings. The van der Waals surface area contributed by atoms with E-state index in [2.05, 4.69) is 139 Å². The molecule has 5 aliphatic carbocycles. The average Bonchev–Trinajstić information content (AvgIpc) is 3.63. The summed E-state index contributed by atoms with van der Waals surface area (Å²) in [6.07, 6.45) is 13.3. The molecule has 0 spiro atoms. The molecule has 4 nitrogen and oxygen atoms in total. The molecule has 0 radical (unpaired) electrons. The van der Waals surface area contributed by atoms with Crippen molar-refractivity contribution in [1.29, 1.82) is 0 Å². The number of carbonyl (C=O) groups is 2. The number of hydrogen-bond acceptors (Lipinski definition) is 4. The van der Waals surface area contributed by atoms with Gasteiger partial charge in [0, 0.05) is 12.3 Å². The summed E-state index contributed by atoms with van der Waals surface area (Å²) < 4.78 is 12.2. The van der Waals surface area contributed by atoms with Crippen LogP contribution in [0.15, 0.2) is 91.0 Å². The molecular weight excluding hydrogens is 744 g/mol. The predicted molar refractivity (Wildman–Crippen MR) is 245 cm³/mol. The minimum atomic E-state index is -1.98. The summed E-state index contributed by atoms with van der Waals surface area (Å²) in [6.45, 7) is 19.4. The lowest BCUT2D eigenvalue weighted by Crippen LogP contribution is -2.68. The van der Waals surface area contributed by atoms with Crippen LogP contribution in [0.1, 0.15) is 126 Å². The first-order chi connectivity index (χ1) is 28.1. The van der Waals surface area contributed by atoms with Gasteiger partial charge in [0.25, 0.3) is 0 Å². The highest BCUT2D eigenvalue weighted by Gasteiger charge is 2.73. The number of hydrogen-bond donors (Lipinski definition) is 0. The van der Waals surface area contributed by atoms with E-state index in [1.807, 2.05) is 0 Å². The molecule has 5 fully saturated rings. The van der Waals surface area contributed by atoms with Crippen LogP contribution in [-0.2, 0) is 19.1 Å². The second-order valence-corrected chi connectivity index (χ2v) is 25.4. The number of benzene rings is 3. The number of ether oxygens (including phenoxy) is 2. The van der Waals surface area contributed by atoms with E-state index < -0.39 is 7.26 Å². The zero-order valence-electron chi connectivity index (χ0n) is 37.8. The summed E-state index contributed by atoms with van der Waals surface area (Å²) in [5.41, 5.74) is 0.0106. The van der Waals surface area contributed by atoms with E-state index in [1.54, 1.807) is 14.0 Å². The fourth-order valence-electron chi connectivity index (χ4n) is 16.5. The Balaban J connectivity index is 1.14. The first-order valence-corrected chi connectivity index (χ1v) is 25.4. The lowest BCUT2D eigenvalue weighted by Gasteiger charge is -2.73. The summed E-state index contributed by atoms with van der Waals surface area (Å²) in [4.78, 5) is 26.9. The molecule has 318 valence electrons. The third-order valence-corrected chi connectivity index (χ3v) is 23.4. The molecule has 5 saturated carbocycles. The molecule has 0 N–H and O–H groups in total. The monoisotopic (exact) mass is 818 g/mol. The highest BCUT2D eigenvalue weighted by molar-refractivity contribution is 7.95. The number of carbonyl (C=O) groups excluding carboxylic acids is 2. The van der Waals surface area contributed by atoms with E-state index in [9.17, 15) is 9.59 Å². The van der Waals surface area contributed by atoms with Gasteiger partial charge in [-0.15, -0.1) is 0 Å². The SMILES string of the molecule is COC(=O)[C@]12CC[C@@H](C(C)C)[C@@H]1[C@H]1CC[C@@H]3[C@@]4(C)C[C@H](CCC[P+](c5ccccc5)(c5ccccc5)c5ccccc5)[C@H](OC(C)=O)C(C)(C)[C@@H]4CC[C@@]3(C)[C@]1(C)CC2. The third kappa shape index (κ3) is 6.52. The van der Waals surface area contributed by atoms with Gasteiger partial charge in [0.2, 0.25) is 0 Å². The van der Waals surface area contributed by atoms with Crippen LogP contribution in [0.2, 0.25) is 0 Å². The molecule has 8 rings (SSSR count). The fourth-order valence-corrected chi connectivity index (χ4v) is 20.8.